The highest BCUT2D eigenvalue weighted by atomic mass is 35.5. The van der Waals surface area contributed by atoms with Crippen LogP contribution in [-0.4, -0.2) is 25.8 Å². The molecule has 0 aliphatic heterocycles. The largest absolute Gasteiger partial charge is 0.381 e. The highest BCUT2D eigenvalue weighted by Gasteiger charge is 2.12. The topological polar surface area (TPSA) is 21.3 Å². The lowest BCUT2D eigenvalue weighted by Gasteiger charge is -2.19. The fourth-order valence-electron chi connectivity index (χ4n) is 2.06. The molecule has 0 amide bonds. The van der Waals surface area contributed by atoms with Crippen LogP contribution in [0.3, 0.4) is 0 Å². The van der Waals surface area contributed by atoms with Crippen LogP contribution in [0.4, 0.5) is 4.39 Å². The van der Waals surface area contributed by atoms with E-state index >= 15 is 0 Å². The van der Waals surface area contributed by atoms with E-state index in [-0.39, 0.29) is 11.9 Å². The predicted molar refractivity (Wildman–Crippen MR) is 82.9 cm³/mol. The van der Waals surface area contributed by atoms with Crippen molar-refractivity contribution >= 4 is 11.6 Å². The Bertz CT molecular complexity index is 387. The summed E-state index contributed by atoms with van der Waals surface area (Å²) in [5.41, 5.74) is 0.857. The molecule has 1 rings (SSSR count). The van der Waals surface area contributed by atoms with Crippen molar-refractivity contribution in [2.24, 2.45) is 0 Å². The molecule has 0 fully saturated rings. The van der Waals surface area contributed by atoms with E-state index in [2.05, 4.69) is 19.2 Å². The van der Waals surface area contributed by atoms with Gasteiger partial charge in [-0.25, -0.2) is 4.39 Å². The number of hydrogen-bond acceptors (Lipinski definition) is 2. The molecule has 1 N–H and O–H groups in total. The molecule has 0 aliphatic carbocycles. The molecular weight excluding hydrogens is 277 g/mol. The molecular formula is C16H25ClFNO. The van der Waals surface area contributed by atoms with Crippen molar-refractivity contribution in [3.05, 3.63) is 34.6 Å². The van der Waals surface area contributed by atoms with Crippen LogP contribution in [0, 0.1) is 5.82 Å². The molecule has 0 heterocycles. The Morgan fingerprint density at radius 1 is 1.25 bits per heavy atom. The van der Waals surface area contributed by atoms with Gasteiger partial charge in [-0.05, 0) is 56.0 Å². The predicted octanol–water partition coefficient (Wildman–Crippen LogP) is 4.21. The number of benzene rings is 1. The second-order valence-electron chi connectivity index (χ2n) is 4.99. The summed E-state index contributed by atoms with van der Waals surface area (Å²) >= 11 is 6.13. The molecule has 0 bridgehead atoms. The van der Waals surface area contributed by atoms with Crippen molar-refractivity contribution < 1.29 is 9.13 Å². The maximum Gasteiger partial charge on any atom is 0.123 e. The Kier molecular flexibility index (Phi) is 8.83. The molecule has 1 aromatic rings. The van der Waals surface area contributed by atoms with Crippen LogP contribution in [0.25, 0.3) is 0 Å². The Labute approximate surface area is 126 Å². The molecule has 2 nitrogen and oxygen atoms in total. The lowest BCUT2D eigenvalue weighted by atomic mass is 10.0. The van der Waals surface area contributed by atoms with Crippen LogP contribution in [0.2, 0.25) is 5.02 Å². The first-order valence-electron chi connectivity index (χ1n) is 7.42. The smallest absolute Gasteiger partial charge is 0.123 e. The van der Waals surface area contributed by atoms with Crippen molar-refractivity contribution in [3.63, 3.8) is 0 Å². The first kappa shape index (κ1) is 17.4. The number of hydrogen-bond donors (Lipinski definition) is 1. The van der Waals surface area contributed by atoms with Gasteiger partial charge >= 0.3 is 0 Å². The number of nitrogens with one attached hydrogen (secondary N) is 1. The molecule has 114 valence electrons. The Hall–Kier alpha value is -0.640. The normalized spacial score (nSPS) is 12.6. The van der Waals surface area contributed by atoms with Gasteiger partial charge in [-0.15, -0.1) is 0 Å². The molecule has 1 unspecified atom stereocenters. The molecule has 0 aromatic heterocycles. The average Bonchev–Trinajstić information content (AvgIpc) is 2.44. The van der Waals surface area contributed by atoms with Crippen LogP contribution in [0.1, 0.15) is 38.7 Å². The number of ether oxygens (including phenoxy) is 1. The van der Waals surface area contributed by atoms with Crippen molar-refractivity contribution in [3.8, 4) is 0 Å². The van der Waals surface area contributed by atoms with Gasteiger partial charge in [0.05, 0.1) is 0 Å². The van der Waals surface area contributed by atoms with Crippen molar-refractivity contribution in [2.75, 3.05) is 19.8 Å². The summed E-state index contributed by atoms with van der Waals surface area (Å²) in [6.45, 7) is 6.70. The summed E-state index contributed by atoms with van der Waals surface area (Å²) < 4.78 is 18.8. The fraction of sp³-hybridized carbons (Fsp3) is 0.625. The van der Waals surface area contributed by atoms with Gasteiger partial charge in [0.15, 0.2) is 0 Å². The number of rotatable bonds is 10. The van der Waals surface area contributed by atoms with E-state index in [4.69, 9.17) is 16.3 Å². The van der Waals surface area contributed by atoms with E-state index in [1.54, 1.807) is 6.07 Å². The van der Waals surface area contributed by atoms with Gasteiger partial charge in [-0.2, -0.15) is 0 Å². The minimum atomic E-state index is -0.235. The van der Waals surface area contributed by atoms with Crippen LogP contribution >= 0.6 is 11.6 Å². The van der Waals surface area contributed by atoms with E-state index in [0.717, 1.165) is 51.0 Å². The zero-order valence-electron chi connectivity index (χ0n) is 12.4. The van der Waals surface area contributed by atoms with E-state index in [1.807, 2.05) is 0 Å². The highest BCUT2D eigenvalue weighted by Crippen LogP contribution is 2.19. The molecule has 0 saturated carbocycles. The molecule has 0 radical (unpaired) electrons. The summed E-state index contributed by atoms with van der Waals surface area (Å²) in [6, 6.07) is 4.81. The zero-order chi connectivity index (χ0) is 14.8. The summed E-state index contributed by atoms with van der Waals surface area (Å²) in [5, 5.41) is 4.11. The fourth-order valence-corrected chi connectivity index (χ4v) is 2.26. The van der Waals surface area contributed by atoms with Gasteiger partial charge in [-0.3, -0.25) is 0 Å². The van der Waals surface area contributed by atoms with Crippen molar-refractivity contribution in [1.82, 2.24) is 5.32 Å². The third-order valence-corrected chi connectivity index (χ3v) is 3.48. The molecule has 1 aromatic carbocycles. The molecule has 20 heavy (non-hydrogen) atoms. The van der Waals surface area contributed by atoms with Gasteiger partial charge in [0.25, 0.3) is 0 Å². The zero-order valence-corrected chi connectivity index (χ0v) is 13.2. The monoisotopic (exact) mass is 301 g/mol. The summed E-state index contributed by atoms with van der Waals surface area (Å²) in [6.07, 6.45) is 3.74. The van der Waals surface area contributed by atoms with E-state index in [9.17, 15) is 4.39 Å². The van der Waals surface area contributed by atoms with Gasteiger partial charge in [0.1, 0.15) is 5.82 Å². The van der Waals surface area contributed by atoms with Crippen LogP contribution in [0.15, 0.2) is 18.2 Å². The Balaban J connectivity index is 2.55. The average molecular weight is 302 g/mol. The van der Waals surface area contributed by atoms with Crippen LogP contribution in [-0.2, 0) is 11.2 Å². The maximum absolute atomic E-state index is 13.3. The number of halogens is 2. The summed E-state index contributed by atoms with van der Waals surface area (Å²) in [4.78, 5) is 0. The van der Waals surface area contributed by atoms with Gasteiger partial charge in [0.2, 0.25) is 0 Å². The Morgan fingerprint density at radius 3 is 2.75 bits per heavy atom. The van der Waals surface area contributed by atoms with Gasteiger partial charge in [-0.1, -0.05) is 25.4 Å². The minimum Gasteiger partial charge on any atom is -0.381 e. The summed E-state index contributed by atoms with van der Waals surface area (Å²) in [5.74, 6) is -0.235. The third-order valence-electron chi connectivity index (χ3n) is 3.12. The second kappa shape index (κ2) is 10.1. The Morgan fingerprint density at radius 2 is 2.05 bits per heavy atom. The van der Waals surface area contributed by atoms with Crippen LogP contribution in [0.5, 0.6) is 0 Å². The lowest BCUT2D eigenvalue weighted by Crippen LogP contribution is -2.33. The van der Waals surface area contributed by atoms with E-state index in [0.29, 0.717) is 5.02 Å². The highest BCUT2D eigenvalue weighted by molar-refractivity contribution is 6.31. The van der Waals surface area contributed by atoms with Gasteiger partial charge < -0.3 is 10.1 Å². The van der Waals surface area contributed by atoms with Crippen molar-refractivity contribution in [1.29, 1.82) is 0 Å². The first-order valence-corrected chi connectivity index (χ1v) is 7.80. The third kappa shape index (κ3) is 6.69. The molecule has 0 aliphatic rings. The molecule has 0 spiro atoms. The lowest BCUT2D eigenvalue weighted by molar-refractivity contribution is 0.124. The SMILES string of the molecule is CCCNC(CCOCCC)Cc1cc(F)ccc1Cl. The molecule has 0 saturated heterocycles. The quantitative estimate of drug-likeness (QED) is 0.654. The summed E-state index contributed by atoms with van der Waals surface area (Å²) in [7, 11) is 0. The first-order chi connectivity index (χ1) is 9.67. The van der Waals surface area contributed by atoms with Crippen LogP contribution < -0.4 is 5.32 Å². The van der Waals surface area contributed by atoms with Crippen molar-refractivity contribution in [2.45, 2.75) is 45.6 Å². The molecule has 4 heteroatoms. The minimum absolute atomic E-state index is 0.235. The van der Waals surface area contributed by atoms with E-state index < -0.39 is 0 Å². The van der Waals surface area contributed by atoms with Gasteiger partial charge in [0, 0.05) is 24.3 Å². The standard InChI is InChI=1S/C16H25ClFNO/c1-3-8-19-15(7-10-20-9-4-2)12-13-11-14(18)5-6-16(13)17/h5-6,11,15,19H,3-4,7-10,12H2,1-2H3. The second-order valence-corrected chi connectivity index (χ2v) is 5.40. The van der Waals surface area contributed by atoms with E-state index in [1.165, 1.54) is 12.1 Å². The maximum atomic E-state index is 13.3. The molecule has 1 atom stereocenters.